The third kappa shape index (κ3) is 1.50. The van der Waals surface area contributed by atoms with Crippen molar-refractivity contribution in [2.45, 2.75) is 6.61 Å². The number of imidazole rings is 1. The van der Waals surface area contributed by atoms with Crippen molar-refractivity contribution < 1.29 is 9.90 Å². The van der Waals surface area contributed by atoms with Crippen LogP contribution in [-0.2, 0) is 6.61 Å². The first-order chi connectivity index (χ1) is 5.15. The summed E-state index contributed by atoms with van der Waals surface area (Å²) in [5.41, 5.74) is 4.85. The highest BCUT2D eigenvalue weighted by atomic mass is 35.5. The molecule has 0 bridgehead atoms. The van der Waals surface area contributed by atoms with Gasteiger partial charge < -0.3 is 15.8 Å². The van der Waals surface area contributed by atoms with Crippen LogP contribution in [0.5, 0.6) is 0 Å². The van der Waals surface area contributed by atoms with Crippen molar-refractivity contribution in [3.05, 3.63) is 16.7 Å². The van der Waals surface area contributed by atoms with Crippen LogP contribution in [0.3, 0.4) is 0 Å². The van der Waals surface area contributed by atoms with E-state index >= 15 is 0 Å². The molecule has 0 aliphatic heterocycles. The minimum Gasteiger partial charge on any atom is -0.388 e. The van der Waals surface area contributed by atoms with E-state index in [-0.39, 0.29) is 23.3 Å². The Balaban J connectivity index is 3.07. The first-order valence-corrected chi connectivity index (χ1v) is 3.18. The number of aromatic amines is 1. The average molecular weight is 176 g/mol. The first-order valence-electron chi connectivity index (χ1n) is 2.80. The Hall–Kier alpha value is -1.07. The zero-order valence-corrected chi connectivity index (χ0v) is 6.22. The summed E-state index contributed by atoms with van der Waals surface area (Å²) in [6.07, 6.45) is 0. The number of primary amides is 1. The van der Waals surface area contributed by atoms with Crippen LogP contribution < -0.4 is 5.73 Å². The Kier molecular flexibility index (Phi) is 2.11. The SMILES string of the molecule is NC(=O)c1nc(CO)[nH]c1Cl. The molecule has 0 spiro atoms. The summed E-state index contributed by atoms with van der Waals surface area (Å²) in [4.78, 5) is 16.6. The van der Waals surface area contributed by atoms with Crippen molar-refractivity contribution in [1.82, 2.24) is 9.97 Å². The van der Waals surface area contributed by atoms with Crippen molar-refractivity contribution >= 4 is 17.5 Å². The predicted molar refractivity (Wildman–Crippen MR) is 38.0 cm³/mol. The van der Waals surface area contributed by atoms with E-state index in [1.165, 1.54) is 0 Å². The summed E-state index contributed by atoms with van der Waals surface area (Å²) in [6, 6.07) is 0. The molecule has 0 atom stereocenters. The molecule has 0 aromatic carbocycles. The maximum Gasteiger partial charge on any atom is 0.270 e. The molecule has 5 nitrogen and oxygen atoms in total. The van der Waals surface area contributed by atoms with Gasteiger partial charge in [0.2, 0.25) is 0 Å². The van der Waals surface area contributed by atoms with E-state index in [1.54, 1.807) is 0 Å². The third-order valence-corrected chi connectivity index (χ3v) is 1.37. The van der Waals surface area contributed by atoms with Gasteiger partial charge in [0.05, 0.1) is 0 Å². The molecule has 1 heterocycles. The van der Waals surface area contributed by atoms with Crippen LogP contribution in [0.4, 0.5) is 0 Å². The second-order valence-electron chi connectivity index (χ2n) is 1.87. The maximum absolute atomic E-state index is 10.5. The van der Waals surface area contributed by atoms with Gasteiger partial charge in [-0.15, -0.1) is 0 Å². The van der Waals surface area contributed by atoms with Gasteiger partial charge in [-0.2, -0.15) is 0 Å². The molecule has 0 aliphatic carbocycles. The molecule has 1 amide bonds. The van der Waals surface area contributed by atoms with Gasteiger partial charge in [0.15, 0.2) is 5.69 Å². The minimum atomic E-state index is -0.717. The van der Waals surface area contributed by atoms with Crippen molar-refractivity contribution in [2.24, 2.45) is 5.73 Å². The standard InChI is InChI=1S/C5H6ClN3O2/c6-4-3(5(7)11)8-2(1-10)9-4/h10H,1H2,(H2,7,11)(H,8,9). The monoisotopic (exact) mass is 175 g/mol. The van der Waals surface area contributed by atoms with E-state index < -0.39 is 5.91 Å². The second-order valence-corrected chi connectivity index (χ2v) is 2.25. The first kappa shape index (κ1) is 8.03. The summed E-state index contributed by atoms with van der Waals surface area (Å²) < 4.78 is 0. The summed E-state index contributed by atoms with van der Waals surface area (Å²) >= 11 is 5.49. The lowest BCUT2D eigenvalue weighted by Gasteiger charge is -1.84. The largest absolute Gasteiger partial charge is 0.388 e. The van der Waals surface area contributed by atoms with E-state index in [1.807, 2.05) is 0 Å². The Morgan fingerprint density at radius 2 is 2.45 bits per heavy atom. The van der Waals surface area contributed by atoms with Gasteiger partial charge in [0.1, 0.15) is 17.6 Å². The summed E-state index contributed by atoms with van der Waals surface area (Å²) in [6.45, 7) is -0.299. The number of carbonyl (C=O) groups excluding carboxylic acids is 1. The molecule has 1 rings (SSSR count). The molecule has 0 unspecified atom stereocenters. The Morgan fingerprint density at radius 3 is 2.73 bits per heavy atom. The smallest absolute Gasteiger partial charge is 0.270 e. The van der Waals surface area contributed by atoms with Crippen LogP contribution >= 0.6 is 11.6 Å². The van der Waals surface area contributed by atoms with Gasteiger partial charge in [-0.05, 0) is 0 Å². The Labute approximate surface area is 67.2 Å². The number of hydrogen-bond donors (Lipinski definition) is 3. The molecule has 0 saturated heterocycles. The molecule has 11 heavy (non-hydrogen) atoms. The zero-order chi connectivity index (χ0) is 8.43. The molecule has 1 aromatic heterocycles. The number of nitrogens with two attached hydrogens (primary N) is 1. The van der Waals surface area contributed by atoms with E-state index in [4.69, 9.17) is 22.4 Å². The number of nitrogens with one attached hydrogen (secondary N) is 1. The number of rotatable bonds is 2. The second kappa shape index (κ2) is 2.89. The van der Waals surface area contributed by atoms with Crippen LogP contribution in [-0.4, -0.2) is 21.0 Å². The van der Waals surface area contributed by atoms with Crippen molar-refractivity contribution in [2.75, 3.05) is 0 Å². The maximum atomic E-state index is 10.5. The van der Waals surface area contributed by atoms with Crippen molar-refractivity contribution in [3.8, 4) is 0 Å². The highest BCUT2D eigenvalue weighted by Crippen LogP contribution is 2.11. The Bertz CT molecular complexity index is 283. The topological polar surface area (TPSA) is 92.0 Å². The Morgan fingerprint density at radius 1 is 1.82 bits per heavy atom. The molecule has 6 heteroatoms. The van der Waals surface area contributed by atoms with E-state index in [9.17, 15) is 4.79 Å². The van der Waals surface area contributed by atoms with Gasteiger partial charge in [0, 0.05) is 0 Å². The lowest BCUT2D eigenvalue weighted by atomic mass is 10.5. The normalized spacial score (nSPS) is 10.0. The molecular weight excluding hydrogens is 170 g/mol. The van der Waals surface area contributed by atoms with Crippen LogP contribution in [0.2, 0.25) is 5.15 Å². The summed E-state index contributed by atoms with van der Waals surface area (Å²) in [5.74, 6) is -0.491. The molecule has 0 radical (unpaired) electrons. The van der Waals surface area contributed by atoms with Gasteiger partial charge in [-0.25, -0.2) is 4.98 Å². The van der Waals surface area contributed by atoms with Crippen LogP contribution in [0.25, 0.3) is 0 Å². The quantitative estimate of drug-likeness (QED) is 0.574. The lowest BCUT2D eigenvalue weighted by Crippen LogP contribution is -2.11. The zero-order valence-electron chi connectivity index (χ0n) is 5.47. The third-order valence-electron chi connectivity index (χ3n) is 1.09. The molecule has 60 valence electrons. The number of aliphatic hydroxyl groups excluding tert-OH is 1. The van der Waals surface area contributed by atoms with Gasteiger partial charge in [-0.1, -0.05) is 11.6 Å². The molecule has 0 fully saturated rings. The van der Waals surface area contributed by atoms with Crippen LogP contribution in [0.15, 0.2) is 0 Å². The van der Waals surface area contributed by atoms with E-state index in [2.05, 4.69) is 9.97 Å². The summed E-state index contributed by atoms with van der Waals surface area (Å²) in [5, 5.41) is 8.61. The number of hydrogen-bond acceptors (Lipinski definition) is 3. The number of carbonyl (C=O) groups is 1. The summed E-state index contributed by atoms with van der Waals surface area (Å²) in [7, 11) is 0. The highest BCUT2D eigenvalue weighted by Gasteiger charge is 2.11. The number of nitrogens with zero attached hydrogens (tertiary/aromatic N) is 1. The highest BCUT2D eigenvalue weighted by molar-refractivity contribution is 6.32. The fourth-order valence-corrected chi connectivity index (χ4v) is 0.880. The minimum absolute atomic E-state index is 0.0456. The number of aliphatic hydroxyl groups is 1. The number of halogens is 1. The fourth-order valence-electron chi connectivity index (χ4n) is 0.636. The molecule has 1 aromatic rings. The van der Waals surface area contributed by atoms with Gasteiger partial charge >= 0.3 is 0 Å². The average Bonchev–Trinajstić information content (AvgIpc) is 2.30. The molecule has 0 saturated carbocycles. The van der Waals surface area contributed by atoms with Crippen molar-refractivity contribution in [1.29, 1.82) is 0 Å². The van der Waals surface area contributed by atoms with Gasteiger partial charge in [-0.3, -0.25) is 4.79 Å². The fraction of sp³-hybridized carbons (Fsp3) is 0.200. The van der Waals surface area contributed by atoms with E-state index in [0.29, 0.717) is 0 Å². The molecule has 0 aliphatic rings. The number of H-pyrrole nitrogens is 1. The van der Waals surface area contributed by atoms with Crippen LogP contribution in [0.1, 0.15) is 16.3 Å². The lowest BCUT2D eigenvalue weighted by molar-refractivity contribution is 0.0996. The number of amides is 1. The van der Waals surface area contributed by atoms with Crippen LogP contribution in [0, 0.1) is 0 Å². The predicted octanol–water partition coefficient (Wildman–Crippen LogP) is -0.346. The number of aromatic nitrogens is 2. The van der Waals surface area contributed by atoms with E-state index in [0.717, 1.165) is 0 Å². The molecular formula is C5H6ClN3O2. The van der Waals surface area contributed by atoms with Gasteiger partial charge in [0.25, 0.3) is 5.91 Å². The molecule has 4 N–H and O–H groups in total. The van der Waals surface area contributed by atoms with Crippen molar-refractivity contribution in [3.63, 3.8) is 0 Å².